The molecule has 4 nitrogen and oxygen atoms in total. The molecule has 1 heterocycles. The Morgan fingerprint density at radius 1 is 0.788 bits per heavy atom. The van der Waals surface area contributed by atoms with E-state index in [1.54, 1.807) is 23.1 Å². The summed E-state index contributed by atoms with van der Waals surface area (Å²) in [6.07, 6.45) is 0. The van der Waals surface area contributed by atoms with Gasteiger partial charge in [0.15, 0.2) is 0 Å². The summed E-state index contributed by atoms with van der Waals surface area (Å²) in [6.45, 7) is -0.473. The molecule has 4 aromatic rings. The normalized spacial score (nSPS) is 17.4. The molecule has 0 bridgehead atoms. The molecule has 0 spiro atoms. The van der Waals surface area contributed by atoms with Gasteiger partial charge in [-0.15, -0.1) is 0 Å². The fourth-order valence-corrected chi connectivity index (χ4v) is 5.20. The first-order valence-corrected chi connectivity index (χ1v) is 11.5. The molecule has 0 saturated heterocycles. The molecule has 4 aromatic carbocycles. The molecule has 1 unspecified atom stereocenters. The summed E-state index contributed by atoms with van der Waals surface area (Å²) in [5.41, 5.74) is 2.25. The second-order valence-electron chi connectivity index (χ2n) is 8.14. The molecule has 1 atom stereocenters. The van der Waals surface area contributed by atoms with Gasteiger partial charge in [0, 0.05) is 15.7 Å². The number of aliphatic hydroxyl groups is 1. The van der Waals surface area contributed by atoms with Crippen molar-refractivity contribution in [2.24, 2.45) is 0 Å². The number of carbonyl (C=O) groups excluding carboxylic acids is 1. The summed E-state index contributed by atoms with van der Waals surface area (Å²) < 4.78 is 0.717. The molecular formula is C28H22BrNO3. The van der Waals surface area contributed by atoms with Crippen LogP contribution >= 0.6 is 15.9 Å². The van der Waals surface area contributed by atoms with Gasteiger partial charge in [0.1, 0.15) is 11.2 Å². The molecule has 0 saturated carbocycles. The number of rotatable bonds is 5. The minimum absolute atomic E-state index is 0.0341. The van der Waals surface area contributed by atoms with Crippen molar-refractivity contribution in [3.05, 3.63) is 130 Å². The topological polar surface area (TPSA) is 60.8 Å². The maximum atomic E-state index is 14.4. The van der Waals surface area contributed by atoms with Crippen molar-refractivity contribution >= 4 is 27.5 Å². The van der Waals surface area contributed by atoms with Crippen molar-refractivity contribution in [3.8, 4) is 5.75 Å². The minimum Gasteiger partial charge on any atom is -0.508 e. The third-order valence-corrected chi connectivity index (χ3v) is 6.84. The van der Waals surface area contributed by atoms with Gasteiger partial charge in [-0.25, -0.2) is 0 Å². The van der Waals surface area contributed by atoms with Gasteiger partial charge in [-0.05, 0) is 41.0 Å². The predicted molar refractivity (Wildman–Crippen MR) is 132 cm³/mol. The van der Waals surface area contributed by atoms with Crippen LogP contribution in [0.4, 0.5) is 5.69 Å². The highest BCUT2D eigenvalue weighted by molar-refractivity contribution is 9.10. The van der Waals surface area contributed by atoms with E-state index >= 15 is 0 Å². The van der Waals surface area contributed by atoms with Crippen molar-refractivity contribution in [2.45, 2.75) is 11.5 Å². The molecule has 33 heavy (non-hydrogen) atoms. The van der Waals surface area contributed by atoms with Gasteiger partial charge in [0.2, 0.25) is 5.91 Å². The summed E-state index contributed by atoms with van der Waals surface area (Å²) in [4.78, 5) is 16.2. The van der Waals surface area contributed by atoms with Crippen molar-refractivity contribution < 1.29 is 15.0 Å². The second-order valence-corrected chi connectivity index (χ2v) is 9.06. The van der Waals surface area contributed by atoms with E-state index in [-0.39, 0.29) is 11.7 Å². The van der Waals surface area contributed by atoms with Gasteiger partial charge in [-0.3, -0.25) is 9.69 Å². The van der Waals surface area contributed by atoms with Crippen LogP contribution in [0, 0.1) is 0 Å². The smallest absolute Gasteiger partial charge is 0.245 e. The van der Waals surface area contributed by atoms with E-state index < -0.39 is 18.1 Å². The number of aliphatic hydroxyl groups excluding tert-OH is 1. The molecule has 5 heteroatoms. The Labute approximate surface area is 200 Å². The third kappa shape index (κ3) is 3.36. The zero-order valence-corrected chi connectivity index (χ0v) is 19.3. The monoisotopic (exact) mass is 499 g/mol. The molecule has 0 aliphatic carbocycles. The lowest BCUT2D eigenvalue weighted by Crippen LogP contribution is -2.45. The Morgan fingerprint density at radius 2 is 1.36 bits per heavy atom. The van der Waals surface area contributed by atoms with Gasteiger partial charge < -0.3 is 10.2 Å². The Balaban J connectivity index is 1.79. The number of aromatic hydroxyl groups is 1. The zero-order chi connectivity index (χ0) is 23.0. The SMILES string of the molecule is O=C1N(C(c2ccccc2)c2ccccc2)c2ccccc2C1(CO)c1cc(Br)ccc1O. The van der Waals surface area contributed by atoms with Crippen LogP contribution in [0.5, 0.6) is 5.75 Å². The highest BCUT2D eigenvalue weighted by Crippen LogP contribution is 2.52. The number of benzene rings is 4. The van der Waals surface area contributed by atoms with Crippen molar-refractivity contribution in [1.82, 2.24) is 0 Å². The maximum absolute atomic E-state index is 14.4. The van der Waals surface area contributed by atoms with E-state index in [4.69, 9.17) is 0 Å². The van der Waals surface area contributed by atoms with Gasteiger partial charge in [0.05, 0.1) is 12.6 Å². The van der Waals surface area contributed by atoms with E-state index in [1.807, 2.05) is 84.9 Å². The molecule has 1 aliphatic heterocycles. The Kier molecular flexibility index (Phi) is 5.52. The highest BCUT2D eigenvalue weighted by atomic mass is 79.9. The highest BCUT2D eigenvalue weighted by Gasteiger charge is 2.55. The van der Waals surface area contributed by atoms with Crippen LogP contribution in [0.15, 0.2) is 108 Å². The summed E-state index contributed by atoms with van der Waals surface area (Å²) in [7, 11) is 0. The Bertz CT molecular complexity index is 1270. The van der Waals surface area contributed by atoms with Crippen LogP contribution in [0.25, 0.3) is 0 Å². The molecular weight excluding hydrogens is 478 g/mol. The van der Waals surface area contributed by atoms with Crippen molar-refractivity contribution in [2.75, 3.05) is 11.5 Å². The number of phenolic OH excluding ortho intramolecular Hbond substituents is 1. The summed E-state index contributed by atoms with van der Waals surface area (Å²) >= 11 is 3.46. The standard InChI is InChI=1S/C28H22BrNO3/c29-21-15-16-25(32)23(17-21)28(18-31)22-13-7-8-14-24(22)30(27(28)33)26(19-9-3-1-4-10-19)20-11-5-2-6-12-20/h1-17,26,31-32H,18H2. The number of hydrogen-bond donors (Lipinski definition) is 2. The lowest BCUT2D eigenvalue weighted by atomic mass is 9.75. The molecule has 164 valence electrons. The molecule has 5 rings (SSSR count). The number of halogens is 1. The van der Waals surface area contributed by atoms with Gasteiger partial charge in [-0.2, -0.15) is 0 Å². The first-order chi connectivity index (χ1) is 16.1. The van der Waals surface area contributed by atoms with Crippen molar-refractivity contribution in [1.29, 1.82) is 0 Å². The van der Waals surface area contributed by atoms with E-state index in [2.05, 4.69) is 15.9 Å². The average Bonchev–Trinajstić information content (AvgIpc) is 3.11. The van der Waals surface area contributed by atoms with Crippen molar-refractivity contribution in [3.63, 3.8) is 0 Å². The first-order valence-electron chi connectivity index (χ1n) is 10.7. The number of carbonyl (C=O) groups is 1. The number of hydrogen-bond acceptors (Lipinski definition) is 3. The summed E-state index contributed by atoms with van der Waals surface area (Å²) in [5.74, 6) is -0.314. The minimum atomic E-state index is -1.42. The number of fused-ring (bicyclic) bond motifs is 1. The molecule has 0 aromatic heterocycles. The van der Waals surface area contributed by atoms with Crippen LogP contribution in [0.3, 0.4) is 0 Å². The van der Waals surface area contributed by atoms with E-state index in [9.17, 15) is 15.0 Å². The molecule has 0 fully saturated rings. The first kappa shape index (κ1) is 21.4. The fourth-order valence-electron chi connectivity index (χ4n) is 4.84. The van der Waals surface area contributed by atoms with E-state index in [1.165, 1.54) is 0 Å². The zero-order valence-electron chi connectivity index (χ0n) is 17.7. The molecule has 2 N–H and O–H groups in total. The number of para-hydroxylation sites is 1. The predicted octanol–water partition coefficient (Wildman–Crippen LogP) is 5.57. The van der Waals surface area contributed by atoms with Crippen LogP contribution < -0.4 is 4.90 Å². The number of anilines is 1. The Hall–Kier alpha value is -3.41. The lowest BCUT2D eigenvalue weighted by molar-refractivity contribution is -0.123. The number of nitrogens with zero attached hydrogens (tertiary/aromatic N) is 1. The van der Waals surface area contributed by atoms with Crippen LogP contribution in [0.2, 0.25) is 0 Å². The average molecular weight is 500 g/mol. The Morgan fingerprint density at radius 3 is 1.97 bits per heavy atom. The van der Waals surface area contributed by atoms with Gasteiger partial charge in [-0.1, -0.05) is 94.8 Å². The van der Waals surface area contributed by atoms with Crippen LogP contribution in [0.1, 0.15) is 28.3 Å². The quantitative estimate of drug-likeness (QED) is 0.377. The van der Waals surface area contributed by atoms with Crippen LogP contribution in [-0.4, -0.2) is 22.7 Å². The van der Waals surface area contributed by atoms with Crippen LogP contribution in [-0.2, 0) is 10.2 Å². The number of amides is 1. The third-order valence-electron chi connectivity index (χ3n) is 6.35. The van der Waals surface area contributed by atoms with Gasteiger partial charge in [0.25, 0.3) is 0 Å². The number of phenols is 1. The summed E-state index contributed by atoms with van der Waals surface area (Å²) in [6, 6.07) is 31.8. The molecule has 0 radical (unpaired) electrons. The van der Waals surface area contributed by atoms with E-state index in [0.29, 0.717) is 16.8 Å². The largest absolute Gasteiger partial charge is 0.508 e. The maximum Gasteiger partial charge on any atom is 0.245 e. The second kappa shape index (κ2) is 8.50. The lowest BCUT2D eigenvalue weighted by Gasteiger charge is -2.33. The van der Waals surface area contributed by atoms with E-state index in [0.717, 1.165) is 15.6 Å². The molecule has 1 aliphatic rings. The van der Waals surface area contributed by atoms with Gasteiger partial charge >= 0.3 is 0 Å². The molecule has 1 amide bonds. The fraction of sp³-hybridized carbons (Fsp3) is 0.107. The summed E-state index contributed by atoms with van der Waals surface area (Å²) in [5, 5.41) is 21.6.